The Bertz CT molecular complexity index is 1080. The number of alkyl halides is 3. The fraction of sp³-hybridized carbons (Fsp3) is 0.828. The standard InChI is InChI=1S/C29H48ClF3N4O5SSi/c1-7-12-13-14-28(6)41-22-19(18-20(23(22)42-28)39-15-16-40-44(9-3,10-4)11-5)34-25-21(35-26(38)29(31,32)33)24(30)36-27(37-25)43-17-8-2/h19-20,22-23H,7-18H2,1-6H3,(H,35,38)(H,34,36,37). The van der Waals surface area contributed by atoms with Crippen molar-refractivity contribution in [3.63, 3.8) is 0 Å². The van der Waals surface area contributed by atoms with Gasteiger partial charge in [-0.2, -0.15) is 13.2 Å². The quantitative estimate of drug-likeness (QED) is 0.0527. The van der Waals surface area contributed by atoms with Gasteiger partial charge in [-0.25, -0.2) is 9.97 Å². The van der Waals surface area contributed by atoms with Crippen molar-refractivity contribution in [1.82, 2.24) is 9.97 Å². The number of hydrogen-bond donors (Lipinski definition) is 2. The van der Waals surface area contributed by atoms with Gasteiger partial charge in [0.25, 0.3) is 0 Å². The first-order chi connectivity index (χ1) is 20.8. The molecular formula is C29H48ClF3N4O5SSi. The van der Waals surface area contributed by atoms with Crippen molar-refractivity contribution < 1.29 is 36.6 Å². The van der Waals surface area contributed by atoms with Gasteiger partial charge in [-0.1, -0.05) is 70.8 Å². The third kappa shape index (κ3) is 9.68. The number of hydrogen-bond acceptors (Lipinski definition) is 9. The normalized spacial score (nSPS) is 25.3. The van der Waals surface area contributed by atoms with Crippen LogP contribution in [0.15, 0.2) is 5.16 Å². The fourth-order valence-electron chi connectivity index (χ4n) is 5.73. The molecule has 5 atom stereocenters. The highest BCUT2D eigenvalue weighted by Crippen LogP contribution is 2.44. The Hall–Kier alpha value is -1.16. The number of amides is 1. The average Bonchev–Trinajstić information content (AvgIpc) is 3.48. The smallest absolute Gasteiger partial charge is 0.414 e. The molecular weight excluding hydrogens is 637 g/mol. The van der Waals surface area contributed by atoms with E-state index < -0.39 is 44.4 Å². The van der Waals surface area contributed by atoms with Crippen LogP contribution < -0.4 is 10.6 Å². The Morgan fingerprint density at radius 3 is 2.36 bits per heavy atom. The van der Waals surface area contributed by atoms with E-state index in [0.29, 0.717) is 31.8 Å². The number of rotatable bonds is 18. The van der Waals surface area contributed by atoms with Crippen LogP contribution in [0.1, 0.15) is 80.1 Å². The topological polar surface area (TPSA) is 104 Å². The van der Waals surface area contributed by atoms with Crippen LogP contribution in [0.4, 0.5) is 24.7 Å². The molecule has 1 aliphatic carbocycles. The molecule has 0 bridgehead atoms. The summed E-state index contributed by atoms with van der Waals surface area (Å²) in [4.78, 5) is 20.5. The second-order valence-electron chi connectivity index (χ2n) is 11.6. The van der Waals surface area contributed by atoms with Crippen LogP contribution >= 0.6 is 23.4 Å². The molecule has 0 spiro atoms. The van der Waals surface area contributed by atoms with Crippen molar-refractivity contribution in [2.75, 3.05) is 29.6 Å². The molecule has 1 amide bonds. The number of ether oxygens (including phenoxy) is 3. The van der Waals surface area contributed by atoms with E-state index in [2.05, 4.69) is 43.0 Å². The van der Waals surface area contributed by atoms with Crippen LogP contribution in [-0.2, 0) is 23.4 Å². The predicted molar refractivity (Wildman–Crippen MR) is 170 cm³/mol. The summed E-state index contributed by atoms with van der Waals surface area (Å²) in [6.07, 6.45) is -1.39. The molecule has 5 unspecified atom stereocenters. The van der Waals surface area contributed by atoms with Crippen LogP contribution in [0, 0.1) is 0 Å². The molecule has 9 nitrogen and oxygen atoms in total. The Morgan fingerprint density at radius 1 is 1.07 bits per heavy atom. The van der Waals surface area contributed by atoms with Crippen molar-refractivity contribution in [2.24, 2.45) is 0 Å². The number of unbranched alkanes of at least 4 members (excludes halogenated alkanes) is 2. The van der Waals surface area contributed by atoms with E-state index in [4.69, 9.17) is 30.2 Å². The van der Waals surface area contributed by atoms with E-state index in [1.807, 2.05) is 19.2 Å². The lowest BCUT2D eigenvalue weighted by Crippen LogP contribution is -2.38. The first kappa shape index (κ1) is 37.3. The van der Waals surface area contributed by atoms with E-state index in [9.17, 15) is 18.0 Å². The summed E-state index contributed by atoms with van der Waals surface area (Å²) in [5, 5.41) is 5.09. The van der Waals surface area contributed by atoms with Gasteiger partial charge in [-0.15, -0.1) is 0 Å². The Morgan fingerprint density at radius 2 is 1.75 bits per heavy atom. The molecule has 2 fully saturated rings. The lowest BCUT2D eigenvalue weighted by Gasteiger charge is -2.29. The van der Waals surface area contributed by atoms with Crippen molar-refractivity contribution in [3.05, 3.63) is 5.15 Å². The summed E-state index contributed by atoms with van der Waals surface area (Å²) >= 11 is 7.65. The van der Waals surface area contributed by atoms with E-state index in [1.54, 1.807) is 0 Å². The predicted octanol–water partition coefficient (Wildman–Crippen LogP) is 7.80. The molecule has 3 rings (SSSR count). The van der Waals surface area contributed by atoms with Crippen LogP contribution in [0.5, 0.6) is 0 Å². The van der Waals surface area contributed by atoms with E-state index in [0.717, 1.165) is 43.8 Å². The van der Waals surface area contributed by atoms with Crippen LogP contribution in [0.2, 0.25) is 23.3 Å². The summed E-state index contributed by atoms with van der Waals surface area (Å²) in [5.41, 5.74) is -0.339. The monoisotopic (exact) mass is 684 g/mol. The van der Waals surface area contributed by atoms with Gasteiger partial charge in [-0.05, 0) is 44.3 Å². The van der Waals surface area contributed by atoms with E-state index >= 15 is 0 Å². The number of nitrogens with zero attached hydrogens (tertiary/aromatic N) is 2. The van der Waals surface area contributed by atoms with Gasteiger partial charge in [0, 0.05) is 12.2 Å². The van der Waals surface area contributed by atoms with Crippen LogP contribution in [0.3, 0.4) is 0 Å². The van der Waals surface area contributed by atoms with Crippen molar-refractivity contribution in [3.8, 4) is 0 Å². The number of carbonyl (C=O) groups is 1. The number of carbonyl (C=O) groups excluding carboxylic acids is 1. The summed E-state index contributed by atoms with van der Waals surface area (Å²) < 4.78 is 65.3. The molecule has 44 heavy (non-hydrogen) atoms. The van der Waals surface area contributed by atoms with Gasteiger partial charge >= 0.3 is 12.1 Å². The molecule has 1 saturated heterocycles. The maximum absolute atomic E-state index is 13.2. The highest BCUT2D eigenvalue weighted by molar-refractivity contribution is 7.99. The second kappa shape index (κ2) is 16.6. The lowest BCUT2D eigenvalue weighted by molar-refractivity contribution is -0.185. The zero-order chi connectivity index (χ0) is 32.5. The summed E-state index contributed by atoms with van der Waals surface area (Å²) in [6.45, 7) is 13.4. The minimum Gasteiger partial charge on any atom is -0.414 e. The third-order valence-electron chi connectivity index (χ3n) is 8.43. The average molecular weight is 685 g/mol. The molecule has 1 aromatic heterocycles. The van der Waals surface area contributed by atoms with Crippen molar-refractivity contribution in [1.29, 1.82) is 0 Å². The summed E-state index contributed by atoms with van der Waals surface area (Å²) in [5.74, 6) is -2.33. The van der Waals surface area contributed by atoms with E-state index in [1.165, 1.54) is 11.8 Å². The zero-order valence-electron chi connectivity index (χ0n) is 26.7. The molecule has 1 aliphatic heterocycles. The Kier molecular flexibility index (Phi) is 14.1. The number of thioether (sulfide) groups is 1. The molecule has 2 heterocycles. The molecule has 2 aliphatic rings. The minimum absolute atomic E-state index is 0.0123. The van der Waals surface area contributed by atoms with Crippen molar-refractivity contribution >= 4 is 49.1 Å². The molecule has 1 aromatic rings. The van der Waals surface area contributed by atoms with Gasteiger partial charge in [0.1, 0.15) is 17.9 Å². The largest absolute Gasteiger partial charge is 0.471 e. The summed E-state index contributed by atoms with van der Waals surface area (Å²) in [7, 11) is -1.77. The summed E-state index contributed by atoms with van der Waals surface area (Å²) in [6, 6.07) is 2.67. The van der Waals surface area contributed by atoms with Crippen molar-refractivity contribution in [2.45, 2.75) is 140 Å². The fourth-order valence-corrected chi connectivity index (χ4v) is 9.33. The molecule has 2 N–H and O–H groups in total. The first-order valence-corrected chi connectivity index (χ1v) is 19.7. The van der Waals surface area contributed by atoms with Gasteiger partial charge in [-0.3, -0.25) is 4.79 Å². The van der Waals surface area contributed by atoms with Gasteiger partial charge in [0.2, 0.25) is 0 Å². The molecule has 15 heteroatoms. The second-order valence-corrected chi connectivity index (χ2v) is 17.8. The Labute approximate surface area is 269 Å². The highest BCUT2D eigenvalue weighted by Gasteiger charge is 2.56. The van der Waals surface area contributed by atoms with Crippen LogP contribution in [0.25, 0.3) is 0 Å². The maximum Gasteiger partial charge on any atom is 0.471 e. The van der Waals surface area contributed by atoms with Gasteiger partial charge in [0.05, 0.1) is 25.4 Å². The highest BCUT2D eigenvalue weighted by atomic mass is 35.5. The SMILES string of the molecule is CCCCCC1(C)OC2C(Nc3nc(SCCC)nc(Cl)c3NC(=O)C(F)(F)F)CC(OCCO[Si](CC)(CC)CC)C2O1. The molecule has 0 radical (unpaired) electrons. The first-order valence-electron chi connectivity index (χ1n) is 15.8. The lowest BCUT2D eigenvalue weighted by atomic mass is 10.1. The van der Waals surface area contributed by atoms with E-state index in [-0.39, 0.29) is 27.9 Å². The third-order valence-corrected chi connectivity index (χ3v) is 14.4. The number of aromatic nitrogens is 2. The number of halogens is 4. The number of fused-ring (bicyclic) bond motifs is 1. The van der Waals surface area contributed by atoms with Crippen LogP contribution in [-0.4, -0.2) is 79.5 Å². The maximum atomic E-state index is 13.2. The minimum atomic E-state index is -5.12. The van der Waals surface area contributed by atoms with Gasteiger partial charge < -0.3 is 29.3 Å². The number of anilines is 2. The number of nitrogens with one attached hydrogen (secondary N) is 2. The molecule has 0 aromatic carbocycles. The van der Waals surface area contributed by atoms with Gasteiger partial charge in [0.15, 0.2) is 30.2 Å². The molecule has 252 valence electrons. The zero-order valence-corrected chi connectivity index (χ0v) is 29.2. The Balaban J connectivity index is 1.85. The molecule has 1 saturated carbocycles.